The van der Waals surface area contributed by atoms with E-state index in [1.807, 2.05) is 11.7 Å². The van der Waals surface area contributed by atoms with Gasteiger partial charge in [-0.25, -0.2) is 0 Å². The summed E-state index contributed by atoms with van der Waals surface area (Å²) in [6.45, 7) is 12.7. The zero-order valence-electron chi connectivity index (χ0n) is 21.4. The van der Waals surface area contributed by atoms with Crippen molar-refractivity contribution in [3.05, 3.63) is 40.1 Å². The Morgan fingerprint density at radius 3 is 2.59 bits per heavy atom. The second kappa shape index (κ2) is 8.65. The lowest BCUT2D eigenvalue weighted by atomic mass is 9.76. The Labute approximate surface area is 201 Å². The Hall–Kier alpha value is -3.00. The molecule has 3 aromatic rings. The molecule has 182 valence electrons. The van der Waals surface area contributed by atoms with Crippen LogP contribution in [0.25, 0.3) is 23.0 Å². The Bertz CT molecular complexity index is 1210. The highest BCUT2D eigenvalue weighted by molar-refractivity contribution is 5.85. The minimum absolute atomic E-state index is 0.154. The average Bonchev–Trinajstić information content (AvgIpc) is 3.33. The third-order valence-electron chi connectivity index (χ3n) is 6.80. The average molecular weight is 465 g/mol. The molecule has 3 N–H and O–H groups in total. The van der Waals surface area contributed by atoms with Gasteiger partial charge in [0, 0.05) is 30.4 Å². The van der Waals surface area contributed by atoms with Crippen molar-refractivity contribution in [1.29, 1.82) is 0 Å². The maximum absolute atomic E-state index is 12.0. The highest BCUT2D eigenvalue weighted by Gasteiger charge is 2.32. The van der Waals surface area contributed by atoms with Gasteiger partial charge >= 0.3 is 0 Å². The fourth-order valence-electron chi connectivity index (χ4n) is 4.75. The molecule has 1 amide bonds. The Morgan fingerprint density at radius 2 is 1.94 bits per heavy atom. The molecule has 0 aliphatic heterocycles. The number of rotatable bonds is 6. The molecule has 0 fully saturated rings. The summed E-state index contributed by atoms with van der Waals surface area (Å²) in [4.78, 5) is 16.7. The van der Waals surface area contributed by atoms with Crippen LogP contribution in [0.1, 0.15) is 62.1 Å². The van der Waals surface area contributed by atoms with Gasteiger partial charge in [0.05, 0.1) is 5.54 Å². The second-order valence-corrected chi connectivity index (χ2v) is 11.0. The van der Waals surface area contributed by atoms with Gasteiger partial charge in [0.25, 0.3) is 5.89 Å². The zero-order chi connectivity index (χ0) is 24.8. The van der Waals surface area contributed by atoms with Gasteiger partial charge in [-0.3, -0.25) is 9.48 Å². The van der Waals surface area contributed by atoms with Gasteiger partial charge in [-0.15, -0.1) is 0 Å². The van der Waals surface area contributed by atoms with E-state index in [9.17, 15) is 4.79 Å². The Kier molecular flexibility index (Phi) is 6.14. The molecule has 4 rings (SSSR count). The highest BCUT2D eigenvalue weighted by Crippen LogP contribution is 2.38. The summed E-state index contributed by atoms with van der Waals surface area (Å²) >= 11 is 0. The van der Waals surface area contributed by atoms with Crippen molar-refractivity contribution in [3.63, 3.8) is 0 Å². The van der Waals surface area contributed by atoms with Crippen molar-refractivity contribution in [2.24, 2.45) is 18.2 Å². The molecule has 0 atom stereocenters. The molecule has 0 spiro atoms. The van der Waals surface area contributed by atoms with Crippen molar-refractivity contribution < 1.29 is 9.32 Å². The second-order valence-electron chi connectivity index (χ2n) is 11.0. The number of aryl methyl sites for hydroxylation is 3. The van der Waals surface area contributed by atoms with Gasteiger partial charge in [-0.1, -0.05) is 19.0 Å². The van der Waals surface area contributed by atoms with Gasteiger partial charge in [0.1, 0.15) is 0 Å². The van der Waals surface area contributed by atoms with E-state index in [0.29, 0.717) is 18.3 Å². The zero-order valence-corrected chi connectivity index (χ0v) is 21.4. The first-order chi connectivity index (χ1) is 15.9. The van der Waals surface area contributed by atoms with E-state index in [1.165, 1.54) is 16.8 Å². The van der Waals surface area contributed by atoms with Crippen LogP contribution in [0.15, 0.2) is 16.7 Å². The maximum atomic E-state index is 12.0. The number of amides is 1. The molecule has 0 radical (unpaired) electrons. The minimum atomic E-state index is -0.882. The number of benzene rings is 1. The Morgan fingerprint density at radius 1 is 1.26 bits per heavy atom. The van der Waals surface area contributed by atoms with E-state index in [-0.39, 0.29) is 11.3 Å². The van der Waals surface area contributed by atoms with Crippen LogP contribution in [-0.4, -0.2) is 37.9 Å². The fraction of sp³-hybridized carbons (Fsp3) is 0.538. The van der Waals surface area contributed by atoms with E-state index in [2.05, 4.69) is 50.3 Å². The van der Waals surface area contributed by atoms with Crippen molar-refractivity contribution in [3.8, 4) is 23.0 Å². The maximum Gasteiger partial charge on any atom is 0.279 e. The topological polar surface area (TPSA) is 112 Å². The summed E-state index contributed by atoms with van der Waals surface area (Å²) in [5.41, 5.74) is 12.9. The Balaban J connectivity index is 1.54. The molecule has 2 heterocycles. The van der Waals surface area contributed by atoms with Crippen LogP contribution >= 0.6 is 0 Å². The number of hydrogen-bond acceptors (Lipinski definition) is 6. The summed E-state index contributed by atoms with van der Waals surface area (Å²) in [6, 6.07) is 4.14. The van der Waals surface area contributed by atoms with Crippen LogP contribution in [0.5, 0.6) is 0 Å². The van der Waals surface area contributed by atoms with Crippen LogP contribution in [0, 0.1) is 19.3 Å². The van der Waals surface area contributed by atoms with Crippen molar-refractivity contribution >= 4 is 5.91 Å². The summed E-state index contributed by atoms with van der Waals surface area (Å²) in [6.07, 6.45) is 3.81. The summed E-state index contributed by atoms with van der Waals surface area (Å²) in [5, 5.41) is 11.9. The summed E-state index contributed by atoms with van der Waals surface area (Å²) in [5.74, 6) is 0.874. The molecule has 0 bridgehead atoms. The number of nitrogens with one attached hydrogen (secondary N) is 1. The number of fused-ring (bicyclic) bond motifs is 1. The van der Waals surface area contributed by atoms with Crippen molar-refractivity contribution in [2.45, 2.75) is 72.8 Å². The molecule has 2 aromatic heterocycles. The van der Waals surface area contributed by atoms with E-state index < -0.39 is 5.54 Å². The van der Waals surface area contributed by atoms with Crippen molar-refractivity contribution in [1.82, 2.24) is 25.2 Å². The smallest absolute Gasteiger partial charge is 0.279 e. The van der Waals surface area contributed by atoms with Crippen molar-refractivity contribution in [2.75, 3.05) is 6.54 Å². The lowest BCUT2D eigenvalue weighted by Gasteiger charge is -2.29. The van der Waals surface area contributed by atoms with Gasteiger partial charge in [-0.2, -0.15) is 10.1 Å². The predicted molar refractivity (Wildman–Crippen MR) is 132 cm³/mol. The molecule has 1 aliphatic rings. The first-order valence-corrected chi connectivity index (χ1v) is 11.9. The minimum Gasteiger partial charge on any atom is -0.354 e. The highest BCUT2D eigenvalue weighted by atomic mass is 16.5. The third kappa shape index (κ3) is 4.78. The lowest BCUT2D eigenvalue weighted by Crippen LogP contribution is -2.49. The quantitative estimate of drug-likeness (QED) is 0.576. The first-order valence-electron chi connectivity index (χ1n) is 11.9. The van der Waals surface area contributed by atoms with E-state index in [0.717, 1.165) is 48.1 Å². The van der Waals surface area contributed by atoms with Gasteiger partial charge in [0.15, 0.2) is 5.69 Å². The van der Waals surface area contributed by atoms with Crippen LogP contribution < -0.4 is 11.1 Å². The van der Waals surface area contributed by atoms with Crippen LogP contribution in [-0.2, 0) is 31.1 Å². The van der Waals surface area contributed by atoms with Crippen LogP contribution in [0.3, 0.4) is 0 Å². The number of carbonyl (C=O) groups excluding carboxylic acids is 1. The van der Waals surface area contributed by atoms with E-state index >= 15 is 0 Å². The van der Waals surface area contributed by atoms with Gasteiger partial charge < -0.3 is 15.6 Å². The number of aromatic nitrogens is 4. The largest absolute Gasteiger partial charge is 0.354 e. The van der Waals surface area contributed by atoms with Gasteiger partial charge in [0.2, 0.25) is 11.7 Å². The van der Waals surface area contributed by atoms with Crippen LogP contribution in [0.2, 0.25) is 0 Å². The predicted octanol–water partition coefficient (Wildman–Crippen LogP) is 3.66. The standard InChI is InChI=1S/C26H36N6O2/c1-15-12-17(13-16(2)18(15)9-11-28-24(33)26(5,6)27)22-29-23(34-31-22)21-19-8-10-25(3,4)14-20(19)32(7)30-21/h12-13H,8-11,14,27H2,1-7H3,(H,28,33). The van der Waals surface area contributed by atoms with Gasteiger partial charge in [-0.05, 0) is 87.6 Å². The number of carbonyl (C=O) groups is 1. The number of nitrogens with two attached hydrogens (primary N) is 1. The molecule has 8 heteroatoms. The van der Waals surface area contributed by atoms with E-state index in [1.54, 1.807) is 13.8 Å². The SMILES string of the molecule is Cc1cc(-c2noc(-c3nn(C)c4c3CCC(C)(C)C4)n2)cc(C)c1CCNC(=O)C(C)(C)N. The molecule has 8 nitrogen and oxygen atoms in total. The van der Waals surface area contributed by atoms with E-state index in [4.69, 9.17) is 20.3 Å². The third-order valence-corrected chi connectivity index (χ3v) is 6.80. The molecular weight excluding hydrogens is 428 g/mol. The molecule has 1 aliphatic carbocycles. The van der Waals surface area contributed by atoms with Crippen LogP contribution in [0.4, 0.5) is 0 Å². The fourth-order valence-corrected chi connectivity index (χ4v) is 4.75. The lowest BCUT2D eigenvalue weighted by molar-refractivity contribution is -0.125. The number of nitrogens with zero attached hydrogens (tertiary/aromatic N) is 4. The molecule has 1 aromatic carbocycles. The summed E-state index contributed by atoms with van der Waals surface area (Å²) < 4.78 is 7.63. The molecule has 34 heavy (non-hydrogen) atoms. The first kappa shape index (κ1) is 24.1. The number of hydrogen-bond donors (Lipinski definition) is 2. The normalized spacial score (nSPS) is 15.3. The molecule has 0 unspecified atom stereocenters. The summed E-state index contributed by atoms with van der Waals surface area (Å²) in [7, 11) is 1.99. The molecule has 0 saturated carbocycles. The molecule has 0 saturated heterocycles. The monoisotopic (exact) mass is 464 g/mol. The molecular formula is C26H36N6O2.